The third-order valence-electron chi connectivity index (χ3n) is 2.17. The summed E-state index contributed by atoms with van der Waals surface area (Å²) >= 11 is 0. The van der Waals surface area contributed by atoms with E-state index in [0.29, 0.717) is 4.57 Å². The molecule has 1 heterocycles. The Morgan fingerprint density at radius 2 is 1.94 bits per heavy atom. The largest absolute Gasteiger partial charge is 1.00 e. The normalized spacial score (nSPS) is 11.3. The second kappa shape index (κ2) is 5.04. The van der Waals surface area contributed by atoms with Gasteiger partial charge in [0.1, 0.15) is 12.5 Å². The first-order chi connectivity index (χ1) is 7.88. The van der Waals surface area contributed by atoms with Crippen molar-refractivity contribution in [3.63, 3.8) is 0 Å². The molecule has 0 bridgehead atoms. The number of hydrogen-bond donors (Lipinski definition) is 0. The first kappa shape index (κ1) is 14.6. The van der Waals surface area contributed by atoms with Crippen LogP contribution in [0.3, 0.4) is 0 Å². The third kappa shape index (κ3) is 2.86. The predicted molar refractivity (Wildman–Crippen MR) is 50.1 cm³/mol. The Bertz CT molecular complexity index is 580. The summed E-state index contributed by atoms with van der Waals surface area (Å²) in [6.45, 7) is -1.41. The zero-order valence-corrected chi connectivity index (χ0v) is 9.36. The summed E-state index contributed by atoms with van der Waals surface area (Å²) in [6, 6.07) is 5.89. The molecule has 0 aliphatic carbocycles. The Hall–Kier alpha value is -1.45. The molecule has 0 unspecified atom stereocenters. The number of alkyl halides is 3. The number of nitrogens with zero attached hydrogens (tertiary/aromatic N) is 2. The van der Waals surface area contributed by atoms with Crippen LogP contribution in [-0.2, 0) is 6.54 Å². The van der Waals surface area contributed by atoms with Crippen molar-refractivity contribution in [3.8, 4) is 0 Å². The summed E-state index contributed by atoms with van der Waals surface area (Å²) in [5.41, 5.74) is 0.306. The van der Waals surface area contributed by atoms with Crippen molar-refractivity contribution in [1.29, 1.82) is 0 Å². The Balaban J connectivity index is 0.00000162. The maximum absolute atomic E-state index is 12.3. The van der Waals surface area contributed by atoms with E-state index in [4.69, 9.17) is 0 Å². The van der Waals surface area contributed by atoms with Crippen LogP contribution in [0.5, 0.6) is 0 Å². The van der Waals surface area contributed by atoms with Crippen molar-refractivity contribution in [3.05, 3.63) is 30.1 Å². The van der Waals surface area contributed by atoms with Crippen molar-refractivity contribution >= 4 is 17.0 Å². The van der Waals surface area contributed by atoms with Gasteiger partial charge in [-0.3, -0.25) is 0 Å². The third-order valence-corrected chi connectivity index (χ3v) is 2.17. The molecule has 1 aromatic heterocycles. The zero-order chi connectivity index (χ0) is 12.6. The fourth-order valence-electron chi connectivity index (χ4n) is 1.57. The van der Waals surface area contributed by atoms with Crippen LogP contribution in [0.2, 0.25) is 0 Å². The number of rotatable bonds is 2. The first-order valence-electron chi connectivity index (χ1n) is 4.62. The quantitative estimate of drug-likeness (QED) is 0.577. The molecule has 2 aromatic rings. The van der Waals surface area contributed by atoms with Crippen LogP contribution in [-0.4, -0.2) is 21.7 Å². The number of fused-ring (bicyclic) bond motifs is 1. The van der Waals surface area contributed by atoms with Crippen molar-refractivity contribution in [2.45, 2.75) is 12.7 Å². The van der Waals surface area contributed by atoms with E-state index in [1.54, 1.807) is 6.07 Å². The Morgan fingerprint density at radius 1 is 1.33 bits per heavy atom. The van der Waals surface area contributed by atoms with E-state index >= 15 is 0 Å². The van der Waals surface area contributed by atoms with Gasteiger partial charge >= 0.3 is 25.0 Å². The van der Waals surface area contributed by atoms with Crippen molar-refractivity contribution in [2.75, 3.05) is 0 Å². The number of carboxylic acid groups (broad SMARTS) is 1. The molecule has 18 heavy (non-hydrogen) atoms. The summed E-state index contributed by atoms with van der Waals surface area (Å²) in [5, 5.41) is 10.7. The average Bonchev–Trinajstić information content (AvgIpc) is 2.55. The number of hydrogen-bond acceptors (Lipinski definition) is 3. The van der Waals surface area contributed by atoms with E-state index in [-0.39, 0.29) is 29.9 Å². The van der Waals surface area contributed by atoms with Crippen LogP contribution >= 0.6 is 0 Å². The summed E-state index contributed by atoms with van der Waals surface area (Å²) in [4.78, 5) is 14.3. The monoisotopic (exact) mass is 250 g/mol. The van der Waals surface area contributed by atoms with Crippen LogP contribution < -0.4 is 24.0 Å². The van der Waals surface area contributed by atoms with Crippen molar-refractivity contribution < 1.29 is 41.9 Å². The Labute approximate surface area is 112 Å². The Morgan fingerprint density at radius 3 is 2.50 bits per heavy atom. The molecule has 0 atom stereocenters. The molecular formula is C10H6F3LiN2O2. The summed E-state index contributed by atoms with van der Waals surface area (Å²) in [6.07, 6.45) is -4.52. The van der Waals surface area contributed by atoms with E-state index < -0.39 is 24.5 Å². The van der Waals surface area contributed by atoms with Crippen LogP contribution in [0.25, 0.3) is 11.0 Å². The minimum absolute atomic E-state index is 0. The molecule has 0 saturated carbocycles. The number of carbonyl (C=O) groups is 1. The number of aromatic nitrogens is 2. The van der Waals surface area contributed by atoms with Gasteiger partial charge in [0.25, 0.3) is 0 Å². The van der Waals surface area contributed by atoms with Crippen LogP contribution in [0.4, 0.5) is 13.2 Å². The second-order valence-electron chi connectivity index (χ2n) is 3.41. The molecule has 0 saturated heterocycles. The van der Waals surface area contributed by atoms with Crippen LogP contribution in [0.15, 0.2) is 24.3 Å². The number of carbonyl (C=O) groups excluding carboxylic acids is 1. The molecule has 90 valence electrons. The van der Waals surface area contributed by atoms with Gasteiger partial charge in [0, 0.05) is 0 Å². The molecule has 1 aromatic carbocycles. The van der Waals surface area contributed by atoms with E-state index in [0.717, 1.165) is 0 Å². The number of halogens is 3. The molecule has 8 heteroatoms. The van der Waals surface area contributed by atoms with Crippen molar-refractivity contribution in [2.24, 2.45) is 0 Å². The molecule has 0 aliphatic heterocycles. The first-order valence-corrected chi connectivity index (χ1v) is 4.62. The number of carboxylic acids is 1. The fourth-order valence-corrected chi connectivity index (χ4v) is 1.57. The van der Waals surface area contributed by atoms with Gasteiger partial charge in [-0.25, -0.2) is 4.98 Å². The standard InChI is InChI=1S/C10H7F3N2O2.Li/c11-10(12,13)5-15-7-4-2-1-3-6(7)14-8(15)9(16)17;/h1-4H,5H2,(H,16,17);/q;+1/p-1. The maximum Gasteiger partial charge on any atom is 1.00 e. The summed E-state index contributed by atoms with van der Waals surface area (Å²) < 4.78 is 37.6. The predicted octanol–water partition coefficient (Wildman–Crippen LogP) is -2.03. The fraction of sp³-hybridized carbons (Fsp3) is 0.200. The van der Waals surface area contributed by atoms with Crippen LogP contribution in [0, 0.1) is 0 Å². The van der Waals surface area contributed by atoms with E-state index in [1.165, 1.54) is 18.2 Å². The molecule has 2 rings (SSSR count). The number of aromatic carboxylic acids is 1. The summed E-state index contributed by atoms with van der Waals surface area (Å²) in [7, 11) is 0. The molecule has 4 nitrogen and oxygen atoms in total. The minimum atomic E-state index is -4.52. The van der Waals surface area contributed by atoms with Crippen LogP contribution in [0.1, 0.15) is 10.6 Å². The van der Waals surface area contributed by atoms with E-state index in [9.17, 15) is 23.1 Å². The van der Waals surface area contributed by atoms with Gasteiger partial charge in [0.05, 0.1) is 11.0 Å². The van der Waals surface area contributed by atoms with Gasteiger partial charge in [-0.2, -0.15) is 13.2 Å². The van der Waals surface area contributed by atoms with Gasteiger partial charge < -0.3 is 14.5 Å². The number of para-hydroxylation sites is 2. The molecule has 0 amide bonds. The second-order valence-corrected chi connectivity index (χ2v) is 3.41. The van der Waals surface area contributed by atoms with Gasteiger partial charge in [0.15, 0.2) is 5.82 Å². The smallest absolute Gasteiger partial charge is 0.542 e. The molecule has 0 radical (unpaired) electrons. The number of imidazole rings is 1. The van der Waals surface area contributed by atoms with Gasteiger partial charge in [-0.15, -0.1) is 0 Å². The van der Waals surface area contributed by atoms with Gasteiger partial charge in [0.2, 0.25) is 0 Å². The maximum atomic E-state index is 12.3. The van der Waals surface area contributed by atoms with Gasteiger partial charge in [-0.05, 0) is 12.1 Å². The van der Waals surface area contributed by atoms with E-state index in [1.807, 2.05) is 0 Å². The minimum Gasteiger partial charge on any atom is -0.542 e. The number of benzene rings is 1. The summed E-state index contributed by atoms with van der Waals surface area (Å²) in [5.74, 6) is -2.45. The molecule has 0 spiro atoms. The van der Waals surface area contributed by atoms with Crippen molar-refractivity contribution in [1.82, 2.24) is 9.55 Å². The molecule has 0 fully saturated rings. The van der Waals surface area contributed by atoms with Gasteiger partial charge in [-0.1, -0.05) is 12.1 Å². The topological polar surface area (TPSA) is 57.9 Å². The molecule has 0 aliphatic rings. The molecular weight excluding hydrogens is 244 g/mol. The molecule has 0 N–H and O–H groups in total. The average molecular weight is 250 g/mol. The Kier molecular flexibility index (Phi) is 4.09. The zero-order valence-electron chi connectivity index (χ0n) is 9.36. The van der Waals surface area contributed by atoms with E-state index in [2.05, 4.69) is 4.98 Å². The SMILES string of the molecule is O=C([O-])c1nc2ccccc2n1CC(F)(F)F.[Li+].